The number of aryl methyl sites for hydroxylation is 1. The van der Waals surface area contributed by atoms with E-state index in [9.17, 15) is 14.4 Å². The van der Waals surface area contributed by atoms with Crippen LogP contribution in [0.15, 0.2) is 48.5 Å². The van der Waals surface area contributed by atoms with Crippen LogP contribution in [0.2, 0.25) is 5.02 Å². The first kappa shape index (κ1) is 24.8. The van der Waals surface area contributed by atoms with E-state index in [0.29, 0.717) is 42.1 Å². The van der Waals surface area contributed by atoms with Crippen LogP contribution in [0.5, 0.6) is 0 Å². The molecular weight excluding hydrogens is 440 g/mol. The van der Waals surface area contributed by atoms with Crippen molar-refractivity contribution in [1.29, 1.82) is 0 Å². The summed E-state index contributed by atoms with van der Waals surface area (Å²) in [6, 6.07) is 14.1. The lowest BCUT2D eigenvalue weighted by Gasteiger charge is -2.32. The third-order valence-electron chi connectivity index (χ3n) is 5.86. The summed E-state index contributed by atoms with van der Waals surface area (Å²) in [5.74, 6) is -0.775. The number of ether oxygens (including phenoxy) is 1. The number of hydrogen-bond donors (Lipinski definition) is 1. The molecule has 0 aliphatic carbocycles. The topological polar surface area (TPSA) is 75.7 Å². The van der Waals surface area contributed by atoms with Gasteiger partial charge >= 0.3 is 5.97 Å². The van der Waals surface area contributed by atoms with Crippen LogP contribution >= 0.6 is 11.6 Å². The van der Waals surface area contributed by atoms with Gasteiger partial charge in [-0.15, -0.1) is 0 Å². The van der Waals surface area contributed by atoms with Gasteiger partial charge in [-0.25, -0.2) is 0 Å². The standard InChI is InChI=1S/C26H31ClN2O4/c1-17(2)33-24(30)16-23(21-10-6-7-11-22(21)27)28-25(31)19-12-14-29(15-13-19)26(32)20-9-5-4-8-18(20)3/h4-11,17,19,23H,12-16H2,1-3H3,(H,28,31). The number of rotatable bonds is 7. The number of carbonyl (C=O) groups excluding carboxylic acids is 3. The third kappa shape index (κ3) is 6.57. The molecule has 2 aromatic rings. The maximum atomic E-state index is 13.1. The molecule has 1 saturated heterocycles. The number of nitrogens with zero attached hydrogens (tertiary/aromatic N) is 1. The average Bonchev–Trinajstić information content (AvgIpc) is 2.78. The maximum absolute atomic E-state index is 13.1. The van der Waals surface area contributed by atoms with Gasteiger partial charge in [0, 0.05) is 29.6 Å². The molecule has 176 valence electrons. The average molecular weight is 471 g/mol. The van der Waals surface area contributed by atoms with Crippen molar-refractivity contribution in [1.82, 2.24) is 10.2 Å². The number of nitrogens with one attached hydrogen (secondary N) is 1. The van der Waals surface area contributed by atoms with Gasteiger partial charge in [0.1, 0.15) is 0 Å². The molecule has 0 spiro atoms. The number of halogens is 1. The Balaban J connectivity index is 1.64. The van der Waals surface area contributed by atoms with Crippen molar-refractivity contribution >= 4 is 29.4 Å². The monoisotopic (exact) mass is 470 g/mol. The van der Waals surface area contributed by atoms with E-state index >= 15 is 0 Å². The first-order valence-electron chi connectivity index (χ1n) is 11.4. The van der Waals surface area contributed by atoms with Gasteiger partial charge in [0.2, 0.25) is 5.91 Å². The minimum absolute atomic E-state index is 0.00172. The molecule has 1 atom stereocenters. The Morgan fingerprint density at radius 2 is 1.70 bits per heavy atom. The Morgan fingerprint density at radius 1 is 1.06 bits per heavy atom. The second-order valence-electron chi connectivity index (χ2n) is 8.71. The quantitative estimate of drug-likeness (QED) is 0.595. The normalized spacial score (nSPS) is 15.2. The van der Waals surface area contributed by atoms with E-state index in [0.717, 1.165) is 5.56 Å². The molecule has 3 rings (SSSR count). The summed E-state index contributed by atoms with van der Waals surface area (Å²) >= 11 is 6.35. The van der Waals surface area contributed by atoms with Gasteiger partial charge in [-0.2, -0.15) is 0 Å². The molecule has 1 aliphatic rings. The summed E-state index contributed by atoms with van der Waals surface area (Å²) in [6.45, 7) is 6.52. The molecule has 2 amide bonds. The molecule has 33 heavy (non-hydrogen) atoms. The van der Waals surface area contributed by atoms with Gasteiger partial charge in [0.25, 0.3) is 5.91 Å². The summed E-state index contributed by atoms with van der Waals surface area (Å²) in [4.78, 5) is 40.1. The molecule has 1 unspecified atom stereocenters. The van der Waals surface area contributed by atoms with Gasteiger partial charge < -0.3 is 15.0 Å². The van der Waals surface area contributed by atoms with Gasteiger partial charge in [-0.05, 0) is 56.9 Å². The maximum Gasteiger partial charge on any atom is 0.308 e. The summed E-state index contributed by atoms with van der Waals surface area (Å²) in [5.41, 5.74) is 2.32. The van der Waals surface area contributed by atoms with E-state index in [1.54, 1.807) is 36.9 Å². The lowest BCUT2D eigenvalue weighted by Crippen LogP contribution is -2.44. The molecule has 1 heterocycles. The summed E-state index contributed by atoms with van der Waals surface area (Å²) < 4.78 is 5.28. The number of esters is 1. The molecule has 1 N–H and O–H groups in total. The molecule has 6 nitrogen and oxygen atoms in total. The zero-order chi connectivity index (χ0) is 24.0. The number of carbonyl (C=O) groups is 3. The van der Waals surface area contributed by atoms with E-state index < -0.39 is 12.0 Å². The Kier molecular flexibility index (Phi) is 8.50. The zero-order valence-electron chi connectivity index (χ0n) is 19.3. The first-order valence-corrected chi connectivity index (χ1v) is 11.7. The lowest BCUT2D eigenvalue weighted by molar-refractivity contribution is -0.148. The summed E-state index contributed by atoms with van der Waals surface area (Å²) in [5, 5.41) is 3.49. The van der Waals surface area contributed by atoms with Gasteiger partial charge in [-0.3, -0.25) is 14.4 Å². The fourth-order valence-electron chi connectivity index (χ4n) is 4.09. The van der Waals surface area contributed by atoms with Crippen molar-refractivity contribution in [2.45, 2.75) is 52.2 Å². The highest BCUT2D eigenvalue weighted by Gasteiger charge is 2.30. The van der Waals surface area contributed by atoms with Crippen LogP contribution in [0, 0.1) is 12.8 Å². The van der Waals surface area contributed by atoms with Crippen LogP contribution in [0.3, 0.4) is 0 Å². The van der Waals surface area contributed by atoms with Crippen molar-refractivity contribution < 1.29 is 19.1 Å². The lowest BCUT2D eigenvalue weighted by atomic mass is 9.93. The predicted molar refractivity (Wildman–Crippen MR) is 128 cm³/mol. The molecule has 0 bridgehead atoms. The van der Waals surface area contributed by atoms with Crippen molar-refractivity contribution in [3.63, 3.8) is 0 Å². The number of piperidine rings is 1. The third-order valence-corrected chi connectivity index (χ3v) is 6.21. The second-order valence-corrected chi connectivity index (χ2v) is 9.11. The summed E-state index contributed by atoms with van der Waals surface area (Å²) in [6.07, 6.45) is 0.887. The van der Waals surface area contributed by atoms with Crippen molar-refractivity contribution in [2.75, 3.05) is 13.1 Å². The molecule has 0 radical (unpaired) electrons. The second kappa shape index (κ2) is 11.3. The highest BCUT2D eigenvalue weighted by Crippen LogP contribution is 2.27. The largest absolute Gasteiger partial charge is 0.463 e. The Labute approximate surface area is 200 Å². The van der Waals surface area contributed by atoms with E-state index in [1.165, 1.54) is 0 Å². The highest BCUT2D eigenvalue weighted by molar-refractivity contribution is 6.31. The minimum atomic E-state index is -0.580. The van der Waals surface area contributed by atoms with Gasteiger partial charge in [0.05, 0.1) is 18.6 Å². The van der Waals surface area contributed by atoms with Crippen LogP contribution in [-0.4, -0.2) is 41.9 Å². The molecular formula is C26H31ClN2O4. The Hall–Kier alpha value is -2.86. The van der Waals surface area contributed by atoms with Gasteiger partial charge in [0.15, 0.2) is 0 Å². The first-order chi connectivity index (χ1) is 15.8. The summed E-state index contributed by atoms with van der Waals surface area (Å²) in [7, 11) is 0. The van der Waals surface area contributed by atoms with Crippen molar-refractivity contribution in [3.8, 4) is 0 Å². The van der Waals surface area contributed by atoms with E-state index in [1.807, 2.05) is 37.3 Å². The Bertz CT molecular complexity index is 999. The van der Waals surface area contributed by atoms with Crippen molar-refractivity contribution in [3.05, 3.63) is 70.2 Å². The molecule has 1 fully saturated rings. The molecule has 0 aromatic heterocycles. The van der Waals surface area contributed by atoms with Gasteiger partial charge in [-0.1, -0.05) is 48.0 Å². The highest BCUT2D eigenvalue weighted by atomic mass is 35.5. The fourth-order valence-corrected chi connectivity index (χ4v) is 4.36. The fraction of sp³-hybridized carbons (Fsp3) is 0.423. The zero-order valence-corrected chi connectivity index (χ0v) is 20.1. The number of hydrogen-bond acceptors (Lipinski definition) is 4. The van der Waals surface area contributed by atoms with E-state index in [-0.39, 0.29) is 30.3 Å². The number of benzene rings is 2. The predicted octanol–water partition coefficient (Wildman–Crippen LogP) is 4.70. The van der Waals surface area contributed by atoms with E-state index in [2.05, 4.69) is 5.32 Å². The number of likely N-dealkylation sites (tertiary alicyclic amines) is 1. The smallest absolute Gasteiger partial charge is 0.308 e. The number of amides is 2. The van der Waals surface area contributed by atoms with E-state index in [4.69, 9.17) is 16.3 Å². The van der Waals surface area contributed by atoms with Crippen molar-refractivity contribution in [2.24, 2.45) is 5.92 Å². The molecule has 7 heteroatoms. The molecule has 0 saturated carbocycles. The molecule has 1 aliphatic heterocycles. The van der Waals surface area contributed by atoms with Crippen LogP contribution in [-0.2, 0) is 14.3 Å². The Morgan fingerprint density at radius 3 is 2.33 bits per heavy atom. The molecule has 2 aromatic carbocycles. The van der Waals surface area contributed by atoms with Crippen LogP contribution in [0.4, 0.5) is 0 Å². The van der Waals surface area contributed by atoms with Crippen LogP contribution < -0.4 is 5.32 Å². The SMILES string of the molecule is Cc1ccccc1C(=O)N1CCC(C(=O)NC(CC(=O)OC(C)C)c2ccccc2Cl)CC1. The minimum Gasteiger partial charge on any atom is -0.463 e. The van der Waals surface area contributed by atoms with Crippen LogP contribution in [0.1, 0.15) is 60.6 Å². The van der Waals surface area contributed by atoms with Crippen LogP contribution in [0.25, 0.3) is 0 Å².